The van der Waals surface area contributed by atoms with E-state index >= 15 is 0 Å². The van der Waals surface area contributed by atoms with Gasteiger partial charge in [0.05, 0.1) is 1.37 Å². The maximum Gasteiger partial charge on any atom is 0.0593 e. The van der Waals surface area contributed by atoms with Crippen LogP contribution in [0, 0.1) is 5.41 Å². The Morgan fingerprint density at radius 1 is 1.25 bits per heavy atom. The number of hydrogen-bond donors (Lipinski definition) is 1. The molecule has 0 amide bonds. The third-order valence-corrected chi connectivity index (χ3v) is 2.66. The Kier molecular flexibility index (Phi) is 0.919. The first-order valence-electron chi connectivity index (χ1n) is 4.82. The number of nitrogens with one attached hydrogen (secondary N) is 1. The van der Waals surface area contributed by atoms with E-state index in [2.05, 4.69) is 17.5 Å². The molecule has 0 bridgehead atoms. The van der Waals surface area contributed by atoms with Gasteiger partial charge in [-0.2, -0.15) is 0 Å². The fourth-order valence-corrected chi connectivity index (χ4v) is 1.92. The second kappa shape index (κ2) is 1.99. The van der Waals surface area contributed by atoms with Crippen LogP contribution in [0.1, 0.15) is 1.37 Å². The Morgan fingerprint density at radius 3 is 2.58 bits per heavy atom. The largest absolute Gasteiger partial charge is 0.314 e. The van der Waals surface area contributed by atoms with Crippen LogP contribution in [0.4, 0.5) is 0 Å². The van der Waals surface area contributed by atoms with Gasteiger partial charge < -0.3 is 5.32 Å². The average Bonchev–Trinajstić information content (AvgIpc) is 2.40. The summed E-state index contributed by atoms with van der Waals surface area (Å²) in [4.78, 5) is 0. The first-order valence-corrected chi connectivity index (χ1v) is 4.32. The van der Waals surface area contributed by atoms with Gasteiger partial charge in [-0.15, -0.1) is 0 Å². The molecular formula is C11H11N. The van der Waals surface area contributed by atoms with Crippen LogP contribution < -0.4 is 15.8 Å². The molecule has 1 heterocycles. The molecule has 0 saturated carbocycles. The minimum absolute atomic E-state index is 0.0314. The lowest BCUT2D eigenvalue weighted by Gasteiger charge is -2.35. The van der Waals surface area contributed by atoms with Gasteiger partial charge in [-0.3, -0.25) is 0 Å². The molecule has 1 N–H and O–H groups in total. The van der Waals surface area contributed by atoms with E-state index in [1.165, 1.54) is 5.22 Å². The summed E-state index contributed by atoms with van der Waals surface area (Å²) >= 11 is 0. The predicted octanol–water partition coefficient (Wildman–Crippen LogP) is -0.149. The van der Waals surface area contributed by atoms with Crippen LogP contribution in [0.15, 0.2) is 24.3 Å². The molecule has 3 rings (SSSR count). The molecule has 60 valence electrons. The van der Waals surface area contributed by atoms with Crippen molar-refractivity contribution in [1.29, 1.82) is 0 Å². The van der Waals surface area contributed by atoms with Gasteiger partial charge in [-0.25, -0.2) is 0 Å². The summed E-state index contributed by atoms with van der Waals surface area (Å²) < 4.78 is 8.06. The smallest absolute Gasteiger partial charge is 0.0593 e. The van der Waals surface area contributed by atoms with Gasteiger partial charge in [-0.1, -0.05) is 36.4 Å². The normalized spacial score (nSPS) is 24.3. The van der Waals surface area contributed by atoms with Crippen LogP contribution >= 0.6 is 0 Å². The molecule has 1 aliphatic heterocycles. The molecular weight excluding hydrogens is 146 g/mol. The molecule has 1 aliphatic carbocycles. The summed E-state index contributed by atoms with van der Waals surface area (Å²) in [6, 6.07) is 8.97. The van der Waals surface area contributed by atoms with Gasteiger partial charge in [0.2, 0.25) is 0 Å². The summed E-state index contributed by atoms with van der Waals surface area (Å²) in [5.41, 5.74) is 0.0314. The Bertz CT molecular complexity index is 471. The Morgan fingerprint density at radius 2 is 2.00 bits per heavy atom. The van der Waals surface area contributed by atoms with Gasteiger partial charge in [0.1, 0.15) is 0 Å². The van der Waals surface area contributed by atoms with Crippen molar-refractivity contribution in [2.75, 3.05) is 13.1 Å². The number of benzene rings is 1. The summed E-state index contributed by atoms with van der Waals surface area (Å²) in [5.74, 6) is 0. The first-order chi connectivity index (χ1) is 6.32. The maximum absolute atomic E-state index is 8.06. The van der Waals surface area contributed by atoms with E-state index in [0.717, 1.165) is 24.4 Å². The van der Waals surface area contributed by atoms with Crippen LogP contribution in [0.2, 0.25) is 0 Å². The molecule has 0 atom stereocenters. The molecule has 1 saturated heterocycles. The maximum atomic E-state index is 8.06. The molecule has 0 aromatic heterocycles. The highest BCUT2D eigenvalue weighted by Gasteiger charge is 2.33. The van der Waals surface area contributed by atoms with Crippen LogP contribution in [0.5, 0.6) is 0 Å². The zero-order chi connectivity index (χ0) is 8.89. The summed E-state index contributed by atoms with van der Waals surface area (Å²) in [6.45, 7) is 1.86. The van der Waals surface area contributed by atoms with Gasteiger partial charge in [0.25, 0.3) is 0 Å². The topological polar surface area (TPSA) is 12.0 Å². The Hall–Kier alpha value is -1.08. The summed E-state index contributed by atoms with van der Waals surface area (Å²) in [7, 11) is 0. The minimum atomic E-state index is 0.0314. The Labute approximate surface area is 72.8 Å². The zero-order valence-corrected chi connectivity index (χ0v) is 6.80. The molecule has 1 spiro atoms. The Balaban J connectivity index is 2.36. The second-order valence-electron chi connectivity index (χ2n) is 3.62. The van der Waals surface area contributed by atoms with E-state index in [1.54, 1.807) is 0 Å². The van der Waals surface area contributed by atoms with Gasteiger partial charge in [0, 0.05) is 18.5 Å². The van der Waals surface area contributed by atoms with Crippen LogP contribution in [0.25, 0.3) is 12.1 Å². The van der Waals surface area contributed by atoms with E-state index in [-0.39, 0.29) is 5.41 Å². The highest BCUT2D eigenvalue weighted by Crippen LogP contribution is 2.27. The molecule has 0 unspecified atom stereocenters. The first kappa shape index (κ1) is 5.55. The van der Waals surface area contributed by atoms with Crippen molar-refractivity contribution >= 4 is 12.1 Å². The number of hydrogen-bond acceptors (Lipinski definition) is 1. The standard InChI is InChI=1S/C11H11N/c1-2-4-10-6-11(7-12-8-11)5-9(10)3-1/h1-6,12H,7-8H2/i5D. The third kappa shape index (κ3) is 0.718. The lowest BCUT2D eigenvalue weighted by atomic mass is 9.83. The van der Waals surface area contributed by atoms with E-state index in [0.29, 0.717) is 0 Å². The molecule has 1 fully saturated rings. The second-order valence-corrected chi connectivity index (χ2v) is 3.62. The fourth-order valence-electron chi connectivity index (χ4n) is 1.92. The van der Waals surface area contributed by atoms with Crippen LogP contribution in [0.3, 0.4) is 0 Å². The van der Waals surface area contributed by atoms with Crippen molar-refractivity contribution in [2.24, 2.45) is 5.41 Å². The molecule has 1 heteroatoms. The fraction of sp³-hybridized carbons (Fsp3) is 0.273. The van der Waals surface area contributed by atoms with Crippen molar-refractivity contribution in [1.82, 2.24) is 5.32 Å². The monoisotopic (exact) mass is 158 g/mol. The van der Waals surface area contributed by atoms with Crippen LogP contribution in [-0.4, -0.2) is 13.1 Å². The van der Waals surface area contributed by atoms with E-state index < -0.39 is 0 Å². The molecule has 1 nitrogen and oxygen atoms in total. The molecule has 2 aliphatic rings. The number of fused-ring (bicyclic) bond motifs is 1. The minimum Gasteiger partial charge on any atom is -0.314 e. The van der Waals surface area contributed by atoms with Crippen LogP contribution in [-0.2, 0) is 0 Å². The van der Waals surface area contributed by atoms with Crippen molar-refractivity contribution in [3.05, 3.63) is 34.7 Å². The van der Waals surface area contributed by atoms with Gasteiger partial charge >= 0.3 is 0 Å². The third-order valence-electron chi connectivity index (χ3n) is 2.66. The van der Waals surface area contributed by atoms with E-state index in [4.69, 9.17) is 1.37 Å². The lowest BCUT2D eigenvalue weighted by molar-refractivity contribution is 0.360. The molecule has 0 radical (unpaired) electrons. The van der Waals surface area contributed by atoms with Gasteiger partial charge in [0.15, 0.2) is 0 Å². The SMILES string of the molecule is [2H]C1=c2ccccc2=CC12CNC2. The molecule has 12 heavy (non-hydrogen) atoms. The van der Waals surface area contributed by atoms with E-state index in [1.807, 2.05) is 18.2 Å². The number of rotatable bonds is 0. The predicted molar refractivity (Wildman–Crippen MR) is 49.9 cm³/mol. The molecule has 1 aromatic carbocycles. The average molecular weight is 158 g/mol. The van der Waals surface area contributed by atoms with Crippen molar-refractivity contribution in [2.45, 2.75) is 0 Å². The van der Waals surface area contributed by atoms with E-state index in [9.17, 15) is 0 Å². The van der Waals surface area contributed by atoms with Crippen molar-refractivity contribution in [3.63, 3.8) is 0 Å². The summed E-state index contributed by atoms with van der Waals surface area (Å²) in [6.07, 6.45) is 2.24. The lowest BCUT2D eigenvalue weighted by Crippen LogP contribution is -2.49. The van der Waals surface area contributed by atoms with Crippen molar-refractivity contribution in [3.8, 4) is 0 Å². The zero-order valence-electron chi connectivity index (χ0n) is 7.80. The quantitative estimate of drug-likeness (QED) is 0.554. The highest BCUT2D eigenvalue weighted by atomic mass is 15.0. The summed E-state index contributed by atoms with van der Waals surface area (Å²) in [5, 5.41) is 5.58. The highest BCUT2D eigenvalue weighted by molar-refractivity contribution is 5.59. The van der Waals surface area contributed by atoms with Crippen molar-refractivity contribution < 1.29 is 1.37 Å². The van der Waals surface area contributed by atoms with Gasteiger partial charge in [-0.05, 0) is 10.4 Å². The molecule has 1 aromatic rings.